The number of halogens is 3. The van der Waals surface area contributed by atoms with E-state index in [2.05, 4.69) is 9.97 Å². The number of carboxylic acids is 1. The van der Waals surface area contributed by atoms with E-state index >= 15 is 0 Å². The fraction of sp³-hybridized carbons (Fsp3) is 0. The molecule has 3 rings (SSSR count). The van der Waals surface area contributed by atoms with E-state index in [-0.39, 0.29) is 22.4 Å². The van der Waals surface area contributed by atoms with Gasteiger partial charge in [0.25, 0.3) is 0 Å². The summed E-state index contributed by atoms with van der Waals surface area (Å²) in [6.45, 7) is 0. The van der Waals surface area contributed by atoms with Crippen molar-refractivity contribution in [1.82, 2.24) is 9.97 Å². The summed E-state index contributed by atoms with van der Waals surface area (Å²) < 4.78 is 40.9. The van der Waals surface area contributed by atoms with E-state index in [4.69, 9.17) is 5.11 Å². The third-order valence-electron chi connectivity index (χ3n) is 3.00. The number of aromatic carboxylic acids is 1. The van der Waals surface area contributed by atoms with Gasteiger partial charge in [-0.05, 0) is 18.2 Å². The van der Waals surface area contributed by atoms with E-state index in [1.807, 2.05) is 0 Å². The summed E-state index contributed by atoms with van der Waals surface area (Å²) >= 11 is 0. The third kappa shape index (κ3) is 2.12. The molecule has 0 fully saturated rings. The van der Waals surface area contributed by atoms with Gasteiger partial charge in [-0.1, -0.05) is 6.07 Å². The number of rotatable bonds is 2. The third-order valence-corrected chi connectivity index (χ3v) is 3.00. The van der Waals surface area contributed by atoms with Crippen LogP contribution in [0.2, 0.25) is 0 Å². The molecule has 2 N–H and O–H groups in total. The van der Waals surface area contributed by atoms with Crippen LogP contribution in [0.3, 0.4) is 0 Å². The zero-order valence-corrected chi connectivity index (χ0v) is 10.3. The Hall–Kier alpha value is -2.83. The molecule has 0 aliphatic rings. The fourth-order valence-electron chi connectivity index (χ4n) is 2.04. The number of carboxylic acid groups (broad SMARTS) is 1. The summed E-state index contributed by atoms with van der Waals surface area (Å²) in [5.74, 6) is -4.20. The predicted octanol–water partition coefficient (Wildman–Crippen LogP) is 3.35. The molecule has 0 amide bonds. The zero-order chi connectivity index (χ0) is 15.1. The van der Waals surface area contributed by atoms with Gasteiger partial charge in [0.1, 0.15) is 23.3 Å². The van der Waals surface area contributed by atoms with E-state index in [9.17, 15) is 18.0 Å². The first kappa shape index (κ1) is 13.2. The number of aromatic amines is 1. The lowest BCUT2D eigenvalue weighted by Gasteiger charge is -2.00. The maximum Gasteiger partial charge on any atom is 0.338 e. The Morgan fingerprint density at radius 3 is 2.38 bits per heavy atom. The smallest absolute Gasteiger partial charge is 0.338 e. The van der Waals surface area contributed by atoms with Gasteiger partial charge in [0.05, 0.1) is 22.2 Å². The average molecular weight is 292 g/mol. The monoisotopic (exact) mass is 292 g/mol. The Morgan fingerprint density at radius 1 is 1.10 bits per heavy atom. The minimum atomic E-state index is -1.45. The Bertz CT molecular complexity index is 854. The lowest BCUT2D eigenvalue weighted by atomic mass is 10.2. The normalized spacial score (nSPS) is 11.0. The first-order chi connectivity index (χ1) is 9.97. The van der Waals surface area contributed by atoms with Crippen LogP contribution in [0.4, 0.5) is 13.2 Å². The van der Waals surface area contributed by atoms with Crippen molar-refractivity contribution in [2.75, 3.05) is 0 Å². The second-order valence-electron chi connectivity index (χ2n) is 4.34. The van der Waals surface area contributed by atoms with Crippen molar-refractivity contribution >= 4 is 17.0 Å². The number of fused-ring (bicyclic) bond motifs is 1. The summed E-state index contributed by atoms with van der Waals surface area (Å²) in [6.07, 6.45) is 0. The Balaban J connectivity index is 2.25. The molecule has 0 radical (unpaired) electrons. The Labute approximate surface area is 115 Å². The number of hydrogen-bond donors (Lipinski definition) is 2. The number of imidazole rings is 1. The molecule has 0 spiro atoms. The number of H-pyrrole nitrogens is 1. The van der Waals surface area contributed by atoms with Crippen LogP contribution in [-0.4, -0.2) is 21.0 Å². The molecule has 0 aliphatic heterocycles. The van der Waals surface area contributed by atoms with Gasteiger partial charge >= 0.3 is 5.97 Å². The van der Waals surface area contributed by atoms with Gasteiger partial charge in [0.15, 0.2) is 0 Å². The van der Waals surface area contributed by atoms with Crippen LogP contribution in [0.15, 0.2) is 30.3 Å². The van der Waals surface area contributed by atoms with Gasteiger partial charge in [-0.15, -0.1) is 0 Å². The lowest BCUT2D eigenvalue weighted by molar-refractivity contribution is 0.0692. The van der Waals surface area contributed by atoms with E-state index in [0.29, 0.717) is 0 Å². The highest BCUT2D eigenvalue weighted by molar-refractivity contribution is 5.93. The van der Waals surface area contributed by atoms with Gasteiger partial charge in [0, 0.05) is 6.07 Å². The molecule has 7 heteroatoms. The van der Waals surface area contributed by atoms with Crippen molar-refractivity contribution in [1.29, 1.82) is 0 Å². The van der Waals surface area contributed by atoms with Crippen LogP contribution in [0.5, 0.6) is 0 Å². The van der Waals surface area contributed by atoms with Crippen LogP contribution in [0.25, 0.3) is 22.4 Å². The highest BCUT2D eigenvalue weighted by atomic mass is 19.1. The number of carbonyl (C=O) groups is 1. The molecule has 2 aromatic carbocycles. The molecule has 0 aliphatic carbocycles. The number of aromatic nitrogens is 2. The molecule has 0 atom stereocenters. The van der Waals surface area contributed by atoms with E-state index in [1.165, 1.54) is 6.07 Å². The van der Waals surface area contributed by atoms with E-state index in [1.54, 1.807) is 0 Å². The molecule has 1 aromatic heterocycles. The van der Waals surface area contributed by atoms with Crippen LogP contribution in [0, 0.1) is 17.5 Å². The molecule has 4 nitrogen and oxygen atoms in total. The largest absolute Gasteiger partial charge is 0.478 e. The number of hydrogen-bond acceptors (Lipinski definition) is 2. The predicted molar refractivity (Wildman–Crippen MR) is 68.4 cm³/mol. The van der Waals surface area contributed by atoms with Crippen LogP contribution < -0.4 is 0 Å². The summed E-state index contributed by atoms with van der Waals surface area (Å²) in [5.41, 5.74) is -0.692. The van der Waals surface area contributed by atoms with Crippen LogP contribution in [-0.2, 0) is 0 Å². The maximum atomic E-state index is 13.7. The van der Waals surface area contributed by atoms with Crippen LogP contribution in [0.1, 0.15) is 10.4 Å². The van der Waals surface area contributed by atoms with Crippen molar-refractivity contribution < 1.29 is 23.1 Å². The van der Waals surface area contributed by atoms with Gasteiger partial charge in [0.2, 0.25) is 0 Å². The summed E-state index contributed by atoms with van der Waals surface area (Å²) in [4.78, 5) is 17.4. The Morgan fingerprint density at radius 2 is 1.76 bits per heavy atom. The lowest BCUT2D eigenvalue weighted by Crippen LogP contribution is -1.99. The van der Waals surface area contributed by atoms with Gasteiger partial charge in [-0.25, -0.2) is 22.9 Å². The first-order valence-corrected chi connectivity index (χ1v) is 5.84. The summed E-state index contributed by atoms with van der Waals surface area (Å²) in [7, 11) is 0. The van der Waals surface area contributed by atoms with Crippen molar-refractivity contribution in [2.45, 2.75) is 0 Å². The molecule has 0 saturated heterocycles. The molecule has 3 aromatic rings. The van der Waals surface area contributed by atoms with E-state index < -0.39 is 29.0 Å². The molecular weight excluding hydrogens is 285 g/mol. The Kier molecular flexibility index (Phi) is 2.90. The highest BCUT2D eigenvalue weighted by Crippen LogP contribution is 2.27. The molecule has 1 heterocycles. The van der Waals surface area contributed by atoms with Gasteiger partial charge in [-0.3, -0.25) is 0 Å². The summed E-state index contributed by atoms with van der Waals surface area (Å²) in [5, 5.41) is 8.84. The minimum absolute atomic E-state index is 0.103. The average Bonchev–Trinajstić information content (AvgIpc) is 2.79. The van der Waals surface area contributed by atoms with Gasteiger partial charge in [-0.2, -0.15) is 0 Å². The zero-order valence-electron chi connectivity index (χ0n) is 10.3. The van der Waals surface area contributed by atoms with E-state index in [0.717, 1.165) is 24.3 Å². The number of nitrogens with one attached hydrogen (secondary N) is 1. The molecular formula is C14H7F3N2O2. The molecule has 106 valence electrons. The topological polar surface area (TPSA) is 66.0 Å². The second-order valence-corrected chi connectivity index (χ2v) is 4.34. The SMILES string of the molecule is O=C(O)c1cc2nc(-c3c(F)cccc3F)[nH]c2cc1F. The van der Waals surface area contributed by atoms with Crippen molar-refractivity contribution in [3.63, 3.8) is 0 Å². The maximum absolute atomic E-state index is 13.7. The van der Waals surface area contributed by atoms with Crippen molar-refractivity contribution in [3.05, 3.63) is 53.3 Å². The fourth-order valence-corrected chi connectivity index (χ4v) is 2.04. The molecule has 0 bridgehead atoms. The van der Waals surface area contributed by atoms with Gasteiger partial charge < -0.3 is 10.1 Å². The second kappa shape index (κ2) is 4.62. The van der Waals surface area contributed by atoms with Crippen molar-refractivity contribution in [3.8, 4) is 11.4 Å². The number of benzene rings is 2. The quantitative estimate of drug-likeness (QED) is 0.761. The summed E-state index contributed by atoms with van der Waals surface area (Å²) in [6, 6.07) is 5.27. The molecule has 21 heavy (non-hydrogen) atoms. The molecule has 0 unspecified atom stereocenters. The van der Waals surface area contributed by atoms with Crippen LogP contribution >= 0.6 is 0 Å². The highest BCUT2D eigenvalue weighted by Gasteiger charge is 2.18. The number of nitrogens with zero attached hydrogens (tertiary/aromatic N) is 1. The molecule has 0 saturated carbocycles. The first-order valence-electron chi connectivity index (χ1n) is 5.84. The van der Waals surface area contributed by atoms with Crippen molar-refractivity contribution in [2.24, 2.45) is 0 Å². The standard InChI is InChI=1S/C14H7F3N2O2/c15-7-2-1-3-8(16)12(7)13-18-10-4-6(14(20)21)9(17)5-11(10)19-13/h1-5H,(H,18,19)(H,20,21). The minimum Gasteiger partial charge on any atom is -0.478 e.